The number of phosphoric ester groups is 1. The second-order valence-electron chi connectivity index (χ2n) is 9.73. The molecule has 0 saturated heterocycles. The highest BCUT2D eigenvalue weighted by Crippen LogP contribution is 2.43. The summed E-state index contributed by atoms with van der Waals surface area (Å²) in [5, 5.41) is 0. The fourth-order valence-electron chi connectivity index (χ4n) is 3.01. The molecule has 2 atom stereocenters. The van der Waals surface area contributed by atoms with E-state index in [-0.39, 0.29) is 32.0 Å². The van der Waals surface area contributed by atoms with Crippen LogP contribution in [0.3, 0.4) is 0 Å². The van der Waals surface area contributed by atoms with Gasteiger partial charge in [0.2, 0.25) is 0 Å². The van der Waals surface area contributed by atoms with Crippen LogP contribution in [0.4, 0.5) is 0 Å². The maximum atomic E-state index is 12.3. The molecule has 0 heterocycles. The van der Waals surface area contributed by atoms with E-state index >= 15 is 0 Å². The lowest BCUT2D eigenvalue weighted by Crippen LogP contribution is -2.37. The minimum Gasteiger partial charge on any atom is -0.462 e. The van der Waals surface area contributed by atoms with Crippen molar-refractivity contribution in [3.05, 3.63) is 0 Å². The molecule has 34 heavy (non-hydrogen) atoms. The van der Waals surface area contributed by atoms with E-state index in [0.717, 1.165) is 51.4 Å². The van der Waals surface area contributed by atoms with Gasteiger partial charge in [0.15, 0.2) is 6.10 Å². The number of carbonyl (C=O) groups is 2. The molecule has 0 rings (SSSR count). The quantitative estimate of drug-likeness (QED) is 0.0938. The maximum Gasteiger partial charge on any atom is 0.472 e. The monoisotopic (exact) mass is 510 g/mol. The van der Waals surface area contributed by atoms with Crippen LogP contribution in [0.15, 0.2) is 0 Å². The molecule has 0 spiro atoms. The SMILES string of the molecule is CCCCCCCCC(=O)O[C@@H](COC(=O)CCCCCC)COP(=O)(O)OCC[N+](C)(C)C. The molecule has 0 aromatic rings. The smallest absolute Gasteiger partial charge is 0.462 e. The van der Waals surface area contributed by atoms with Crippen LogP contribution in [-0.4, -0.2) is 74.9 Å². The molecule has 9 nitrogen and oxygen atoms in total. The average molecular weight is 511 g/mol. The summed E-state index contributed by atoms with van der Waals surface area (Å²) in [7, 11) is 1.47. The Morgan fingerprint density at radius 3 is 1.91 bits per heavy atom. The van der Waals surface area contributed by atoms with Crippen LogP contribution < -0.4 is 0 Å². The predicted octanol–water partition coefficient (Wildman–Crippen LogP) is 5.00. The molecule has 0 aliphatic carbocycles. The number of ether oxygens (including phenoxy) is 2. The number of nitrogens with zero attached hydrogens (tertiary/aromatic N) is 1. The zero-order valence-corrected chi connectivity index (χ0v) is 23.0. The van der Waals surface area contributed by atoms with Crippen LogP contribution >= 0.6 is 7.82 Å². The number of rotatable bonds is 22. The third-order valence-electron chi connectivity index (χ3n) is 5.14. The van der Waals surface area contributed by atoms with Crippen molar-refractivity contribution in [2.45, 2.75) is 97.0 Å². The van der Waals surface area contributed by atoms with Crippen LogP contribution in [0, 0.1) is 0 Å². The number of quaternary nitrogens is 1. The Morgan fingerprint density at radius 1 is 0.794 bits per heavy atom. The second kappa shape index (κ2) is 19.2. The Bertz CT molecular complexity index is 594. The first-order valence-electron chi connectivity index (χ1n) is 12.8. The first-order chi connectivity index (χ1) is 16.0. The van der Waals surface area contributed by atoms with Gasteiger partial charge in [-0.05, 0) is 12.8 Å². The largest absolute Gasteiger partial charge is 0.472 e. The van der Waals surface area contributed by atoms with Gasteiger partial charge < -0.3 is 18.9 Å². The predicted molar refractivity (Wildman–Crippen MR) is 132 cm³/mol. The van der Waals surface area contributed by atoms with E-state index in [0.29, 0.717) is 17.4 Å². The van der Waals surface area contributed by atoms with E-state index in [1.54, 1.807) is 0 Å². The number of hydrogen-bond donors (Lipinski definition) is 1. The molecule has 0 radical (unpaired) electrons. The topological polar surface area (TPSA) is 108 Å². The summed E-state index contributed by atoms with van der Waals surface area (Å²) in [6, 6.07) is 0. The van der Waals surface area contributed by atoms with Crippen molar-refractivity contribution in [3.8, 4) is 0 Å². The van der Waals surface area contributed by atoms with Gasteiger partial charge in [0, 0.05) is 12.8 Å². The van der Waals surface area contributed by atoms with Gasteiger partial charge in [-0.15, -0.1) is 0 Å². The van der Waals surface area contributed by atoms with Crippen LogP contribution in [-0.2, 0) is 32.7 Å². The molecule has 0 amide bonds. The lowest BCUT2D eigenvalue weighted by Gasteiger charge is -2.24. The van der Waals surface area contributed by atoms with E-state index in [1.165, 1.54) is 6.42 Å². The van der Waals surface area contributed by atoms with Crippen molar-refractivity contribution in [2.24, 2.45) is 0 Å². The standard InChI is InChI=1S/C24H48NO8P/c1-6-8-10-12-13-15-17-24(27)33-22(20-30-23(26)16-14-11-9-7-2)21-32-34(28,29)31-19-18-25(3,4)5/h22H,6-21H2,1-5H3/p+1/t22-/m0/s1. The first-order valence-corrected chi connectivity index (χ1v) is 14.3. The summed E-state index contributed by atoms with van der Waals surface area (Å²) in [5.74, 6) is -0.832. The van der Waals surface area contributed by atoms with Crippen LogP contribution in [0.5, 0.6) is 0 Å². The third kappa shape index (κ3) is 21.5. The van der Waals surface area contributed by atoms with Crippen molar-refractivity contribution >= 4 is 19.8 Å². The Labute approximate surface area is 206 Å². The zero-order valence-electron chi connectivity index (χ0n) is 22.1. The van der Waals surface area contributed by atoms with E-state index in [1.807, 2.05) is 21.1 Å². The van der Waals surface area contributed by atoms with Crippen molar-refractivity contribution in [1.82, 2.24) is 0 Å². The molecule has 0 saturated carbocycles. The van der Waals surface area contributed by atoms with Crippen molar-refractivity contribution in [1.29, 1.82) is 0 Å². The van der Waals surface area contributed by atoms with Crippen LogP contribution in [0.25, 0.3) is 0 Å². The van der Waals surface area contributed by atoms with Gasteiger partial charge in [-0.2, -0.15) is 0 Å². The Kier molecular flexibility index (Phi) is 18.7. The van der Waals surface area contributed by atoms with Crippen molar-refractivity contribution in [2.75, 3.05) is 47.5 Å². The maximum absolute atomic E-state index is 12.3. The summed E-state index contributed by atoms with van der Waals surface area (Å²) < 4.78 is 33.4. The molecule has 0 aromatic carbocycles. The molecule has 0 fully saturated rings. The number of phosphoric acid groups is 1. The van der Waals surface area contributed by atoms with Gasteiger partial charge >= 0.3 is 19.8 Å². The summed E-state index contributed by atoms with van der Waals surface area (Å²) in [6.45, 7) is 4.16. The molecule has 1 unspecified atom stereocenters. The fraction of sp³-hybridized carbons (Fsp3) is 0.917. The van der Waals surface area contributed by atoms with Crippen LogP contribution in [0.2, 0.25) is 0 Å². The molecule has 202 valence electrons. The highest BCUT2D eigenvalue weighted by Gasteiger charge is 2.27. The Balaban J connectivity index is 4.62. The molecule has 0 aromatic heterocycles. The lowest BCUT2D eigenvalue weighted by atomic mass is 10.1. The van der Waals surface area contributed by atoms with E-state index in [4.69, 9.17) is 18.5 Å². The number of unbranched alkanes of at least 4 members (excludes halogenated alkanes) is 8. The van der Waals surface area contributed by atoms with Gasteiger partial charge in [-0.3, -0.25) is 18.6 Å². The minimum absolute atomic E-state index is 0.0342. The van der Waals surface area contributed by atoms with Gasteiger partial charge in [0.05, 0.1) is 27.7 Å². The average Bonchev–Trinajstić information content (AvgIpc) is 2.74. The molecule has 0 bridgehead atoms. The molecular weight excluding hydrogens is 461 g/mol. The highest BCUT2D eigenvalue weighted by molar-refractivity contribution is 7.47. The second-order valence-corrected chi connectivity index (χ2v) is 11.2. The highest BCUT2D eigenvalue weighted by atomic mass is 31.2. The number of hydrogen-bond acceptors (Lipinski definition) is 7. The minimum atomic E-state index is -4.33. The van der Waals surface area contributed by atoms with E-state index < -0.39 is 26.5 Å². The van der Waals surface area contributed by atoms with Crippen molar-refractivity contribution in [3.63, 3.8) is 0 Å². The summed E-state index contributed by atoms with van der Waals surface area (Å²) in [5.41, 5.74) is 0. The van der Waals surface area contributed by atoms with Gasteiger partial charge in [0.25, 0.3) is 0 Å². The van der Waals surface area contributed by atoms with Crippen LogP contribution in [0.1, 0.15) is 90.9 Å². The molecule has 10 heteroatoms. The normalized spacial score (nSPS) is 14.4. The number of likely N-dealkylation sites (N-methyl/N-ethyl adjacent to an activating group) is 1. The zero-order chi connectivity index (χ0) is 25.9. The third-order valence-corrected chi connectivity index (χ3v) is 6.12. The summed E-state index contributed by atoms with van der Waals surface area (Å²) in [6.07, 6.45) is 9.57. The van der Waals surface area contributed by atoms with Gasteiger partial charge in [-0.1, -0.05) is 65.2 Å². The molecule has 1 N–H and O–H groups in total. The van der Waals surface area contributed by atoms with Gasteiger partial charge in [-0.25, -0.2) is 4.57 Å². The van der Waals surface area contributed by atoms with Crippen molar-refractivity contribution < 1.29 is 42.1 Å². The Morgan fingerprint density at radius 2 is 1.32 bits per heavy atom. The van der Waals surface area contributed by atoms with E-state index in [2.05, 4.69) is 13.8 Å². The fourth-order valence-corrected chi connectivity index (χ4v) is 3.75. The Hall–Kier alpha value is -0.990. The first kappa shape index (κ1) is 33.0. The number of esters is 2. The molecular formula is C24H49NO8P+. The summed E-state index contributed by atoms with van der Waals surface area (Å²) >= 11 is 0. The summed E-state index contributed by atoms with van der Waals surface area (Å²) in [4.78, 5) is 34.2. The van der Waals surface area contributed by atoms with Gasteiger partial charge in [0.1, 0.15) is 19.8 Å². The van der Waals surface area contributed by atoms with E-state index in [9.17, 15) is 19.0 Å². The molecule has 0 aliphatic heterocycles. The lowest BCUT2D eigenvalue weighted by molar-refractivity contribution is -0.870. The number of carbonyl (C=O) groups excluding carboxylic acids is 2. The molecule has 0 aliphatic rings.